The summed E-state index contributed by atoms with van der Waals surface area (Å²) in [4.78, 5) is 23.6. The summed E-state index contributed by atoms with van der Waals surface area (Å²) < 4.78 is 40.5. The second-order valence-electron chi connectivity index (χ2n) is 11.8. The number of likely N-dealkylation sites (tertiary alicyclic amines) is 1. The average Bonchev–Trinajstić information content (AvgIpc) is 3.30. The zero-order chi connectivity index (χ0) is 30.1. The van der Waals surface area contributed by atoms with Crippen molar-refractivity contribution in [2.24, 2.45) is 0 Å². The SMILES string of the molecule is CP(C)(=O)c1ccc(COc2cccc(C3CCN(Cc4nc5ccc(C(=O)O)cc5n4CC4CCO4)CC3)n2)c(F)c1. The molecule has 2 aromatic carbocycles. The van der Waals surface area contributed by atoms with Crippen molar-refractivity contribution >= 4 is 29.4 Å². The number of pyridine rings is 1. The van der Waals surface area contributed by atoms with Crippen molar-refractivity contribution in [3.63, 3.8) is 0 Å². The molecular formula is C32H36FN4O5P. The van der Waals surface area contributed by atoms with Crippen LogP contribution >= 0.6 is 7.14 Å². The lowest BCUT2D eigenvalue weighted by Crippen LogP contribution is -2.35. The van der Waals surface area contributed by atoms with Crippen LogP contribution in [0.15, 0.2) is 54.6 Å². The highest BCUT2D eigenvalue weighted by Gasteiger charge is 2.26. The minimum atomic E-state index is -2.53. The lowest BCUT2D eigenvalue weighted by atomic mass is 9.93. The van der Waals surface area contributed by atoms with Gasteiger partial charge >= 0.3 is 5.97 Å². The van der Waals surface area contributed by atoms with Crippen LogP contribution in [0.5, 0.6) is 5.88 Å². The van der Waals surface area contributed by atoms with Crippen LogP contribution in [0.3, 0.4) is 0 Å². The molecule has 1 atom stereocenters. The third kappa shape index (κ3) is 6.66. The molecule has 226 valence electrons. The van der Waals surface area contributed by atoms with E-state index in [0.717, 1.165) is 61.5 Å². The highest BCUT2D eigenvalue weighted by atomic mass is 31.2. The van der Waals surface area contributed by atoms with Gasteiger partial charge in [-0.2, -0.15) is 0 Å². The Kier molecular flexibility index (Phi) is 8.36. The Hall–Kier alpha value is -3.59. The average molecular weight is 607 g/mol. The van der Waals surface area contributed by atoms with Crippen LogP contribution in [-0.4, -0.2) is 69.6 Å². The van der Waals surface area contributed by atoms with Crippen molar-refractivity contribution in [2.75, 3.05) is 33.0 Å². The maximum Gasteiger partial charge on any atom is 0.335 e. The Balaban J connectivity index is 1.09. The second kappa shape index (κ2) is 12.2. The molecule has 4 aromatic rings. The normalized spacial score (nSPS) is 18.1. The molecule has 1 unspecified atom stereocenters. The first-order chi connectivity index (χ1) is 20.6. The zero-order valence-electron chi connectivity index (χ0n) is 24.4. The van der Waals surface area contributed by atoms with Gasteiger partial charge in [0.2, 0.25) is 5.88 Å². The molecule has 2 aliphatic heterocycles. The highest BCUT2D eigenvalue weighted by Crippen LogP contribution is 2.35. The number of piperidine rings is 1. The van der Waals surface area contributed by atoms with Crippen molar-refractivity contribution in [3.05, 3.63) is 83.1 Å². The minimum absolute atomic E-state index is 0.0413. The van der Waals surface area contributed by atoms with E-state index < -0.39 is 18.9 Å². The van der Waals surface area contributed by atoms with Crippen molar-refractivity contribution in [3.8, 4) is 5.88 Å². The molecule has 11 heteroatoms. The van der Waals surface area contributed by atoms with E-state index >= 15 is 0 Å². The molecule has 2 aromatic heterocycles. The number of imidazole rings is 1. The van der Waals surface area contributed by atoms with Crippen molar-refractivity contribution < 1.29 is 28.3 Å². The van der Waals surface area contributed by atoms with Gasteiger partial charge in [-0.3, -0.25) is 4.90 Å². The largest absolute Gasteiger partial charge is 0.478 e. The van der Waals surface area contributed by atoms with Crippen LogP contribution in [0.2, 0.25) is 0 Å². The van der Waals surface area contributed by atoms with E-state index in [2.05, 4.69) is 9.47 Å². The Morgan fingerprint density at radius 2 is 1.88 bits per heavy atom. The smallest absolute Gasteiger partial charge is 0.335 e. The number of fused-ring (bicyclic) bond motifs is 1. The summed E-state index contributed by atoms with van der Waals surface area (Å²) in [5.74, 6) is 0.266. The summed E-state index contributed by atoms with van der Waals surface area (Å²) in [5, 5.41) is 10.0. The van der Waals surface area contributed by atoms with E-state index in [0.29, 0.717) is 29.8 Å². The first kappa shape index (κ1) is 29.5. The van der Waals surface area contributed by atoms with E-state index in [-0.39, 0.29) is 24.2 Å². The van der Waals surface area contributed by atoms with Crippen LogP contribution in [-0.2, 0) is 29.0 Å². The number of hydrogen-bond donors (Lipinski definition) is 1. The van der Waals surface area contributed by atoms with E-state index in [9.17, 15) is 18.9 Å². The molecule has 0 bridgehead atoms. The van der Waals surface area contributed by atoms with Gasteiger partial charge in [0.25, 0.3) is 0 Å². The molecule has 2 fully saturated rings. The van der Waals surface area contributed by atoms with Gasteiger partial charge in [-0.25, -0.2) is 19.2 Å². The minimum Gasteiger partial charge on any atom is -0.478 e. The summed E-state index contributed by atoms with van der Waals surface area (Å²) in [6, 6.07) is 15.5. The van der Waals surface area contributed by atoms with Gasteiger partial charge < -0.3 is 23.7 Å². The van der Waals surface area contributed by atoms with Crippen molar-refractivity contribution in [2.45, 2.75) is 51.0 Å². The van der Waals surface area contributed by atoms with E-state index in [1.807, 2.05) is 12.1 Å². The monoisotopic (exact) mass is 606 g/mol. The number of ether oxygens (including phenoxy) is 2. The second-order valence-corrected chi connectivity index (χ2v) is 15.0. The summed E-state index contributed by atoms with van der Waals surface area (Å²) in [7, 11) is -2.53. The Morgan fingerprint density at radius 1 is 1.09 bits per heavy atom. The number of halogens is 1. The van der Waals surface area contributed by atoms with Gasteiger partial charge in [-0.15, -0.1) is 0 Å². The molecule has 2 saturated heterocycles. The number of carbonyl (C=O) groups is 1. The topological polar surface area (TPSA) is 107 Å². The third-order valence-corrected chi connectivity index (χ3v) is 9.93. The first-order valence-corrected chi connectivity index (χ1v) is 17.2. The van der Waals surface area contributed by atoms with Crippen LogP contribution in [0, 0.1) is 5.82 Å². The fourth-order valence-electron chi connectivity index (χ4n) is 5.73. The van der Waals surface area contributed by atoms with Gasteiger partial charge in [0.1, 0.15) is 25.4 Å². The number of carboxylic acids is 1. The lowest BCUT2D eigenvalue weighted by Gasteiger charge is -2.32. The fourth-order valence-corrected chi connectivity index (χ4v) is 6.59. The van der Waals surface area contributed by atoms with Crippen LogP contribution in [0.25, 0.3) is 11.0 Å². The van der Waals surface area contributed by atoms with Gasteiger partial charge in [0.15, 0.2) is 0 Å². The molecule has 0 saturated carbocycles. The molecular weight excluding hydrogens is 570 g/mol. The number of benzene rings is 2. The zero-order valence-corrected chi connectivity index (χ0v) is 25.3. The third-order valence-electron chi connectivity index (χ3n) is 8.40. The highest BCUT2D eigenvalue weighted by molar-refractivity contribution is 7.70. The van der Waals surface area contributed by atoms with Crippen LogP contribution in [0.4, 0.5) is 4.39 Å². The van der Waals surface area contributed by atoms with E-state index in [1.165, 1.54) is 6.07 Å². The van der Waals surface area contributed by atoms with Gasteiger partial charge in [0.05, 0.1) is 35.8 Å². The molecule has 0 spiro atoms. The molecule has 1 N–H and O–H groups in total. The molecule has 0 aliphatic carbocycles. The predicted octanol–water partition coefficient (Wildman–Crippen LogP) is 5.26. The Morgan fingerprint density at radius 3 is 2.56 bits per heavy atom. The fraction of sp³-hybridized carbons (Fsp3) is 0.406. The van der Waals surface area contributed by atoms with E-state index in [4.69, 9.17) is 19.4 Å². The van der Waals surface area contributed by atoms with Gasteiger partial charge in [0, 0.05) is 35.2 Å². The Bertz CT molecular complexity index is 1690. The molecule has 6 rings (SSSR count). The summed E-state index contributed by atoms with van der Waals surface area (Å²) in [5.41, 5.74) is 3.23. The molecule has 0 amide bonds. The number of rotatable bonds is 10. The molecule has 43 heavy (non-hydrogen) atoms. The summed E-state index contributed by atoms with van der Waals surface area (Å²) >= 11 is 0. The maximum atomic E-state index is 14.6. The van der Waals surface area contributed by atoms with Crippen molar-refractivity contribution in [1.29, 1.82) is 0 Å². The lowest BCUT2D eigenvalue weighted by molar-refractivity contribution is -0.0592. The Labute approximate surface area is 250 Å². The first-order valence-electron chi connectivity index (χ1n) is 14.6. The molecule has 0 radical (unpaired) electrons. The maximum absolute atomic E-state index is 14.6. The number of hydrogen-bond acceptors (Lipinski definition) is 7. The molecule has 4 heterocycles. The standard InChI is InChI=1S/C32H36FN4O5P/c1-43(2,40)25-8-6-23(26(33)17-25)20-42-31-5-3-4-27(35-31)21-10-13-36(14-11-21)19-30-34-28-9-7-22(32(38)39)16-29(28)37(30)18-24-12-15-41-24/h3-9,16-17,21,24H,10-15,18-20H2,1-2H3,(H,38,39). The molecule has 9 nitrogen and oxygen atoms in total. The summed E-state index contributed by atoms with van der Waals surface area (Å²) in [6.07, 6.45) is 2.96. The van der Waals surface area contributed by atoms with E-state index in [1.54, 1.807) is 49.7 Å². The quantitative estimate of drug-likeness (QED) is 0.244. The molecule has 2 aliphatic rings. The number of nitrogens with zero attached hydrogens (tertiary/aromatic N) is 4. The summed E-state index contributed by atoms with van der Waals surface area (Å²) in [6.45, 7) is 7.12. The predicted molar refractivity (Wildman–Crippen MR) is 162 cm³/mol. The van der Waals surface area contributed by atoms with Crippen LogP contribution in [0.1, 0.15) is 52.6 Å². The number of aromatic nitrogens is 3. The van der Waals surface area contributed by atoms with Crippen LogP contribution < -0.4 is 10.0 Å². The van der Waals surface area contributed by atoms with Gasteiger partial charge in [-0.1, -0.05) is 18.2 Å². The van der Waals surface area contributed by atoms with Crippen molar-refractivity contribution in [1.82, 2.24) is 19.4 Å². The number of aromatic carboxylic acids is 1. The van der Waals surface area contributed by atoms with Gasteiger partial charge in [-0.05, 0) is 76.0 Å². The number of carboxylic acid groups (broad SMARTS) is 1.